The third kappa shape index (κ3) is 3.25. The first kappa shape index (κ1) is 20.9. The van der Waals surface area contributed by atoms with Crippen LogP contribution in [0, 0.1) is 0 Å². The number of rotatable bonds is 4. The maximum atomic E-state index is 12.0. The van der Waals surface area contributed by atoms with Gasteiger partial charge in [0.1, 0.15) is 0 Å². The van der Waals surface area contributed by atoms with Gasteiger partial charge in [0.05, 0.1) is 11.1 Å². The molecule has 2 amide bonds. The van der Waals surface area contributed by atoms with E-state index >= 15 is 0 Å². The molecule has 30 heavy (non-hydrogen) atoms. The van der Waals surface area contributed by atoms with Crippen LogP contribution in [0.2, 0.25) is 0 Å². The number of hydrogen-bond donors (Lipinski definition) is 8. The van der Waals surface area contributed by atoms with E-state index in [0.717, 1.165) is 12.1 Å². The molecule has 0 saturated heterocycles. The number of carbonyl (C=O) groups excluding carboxylic acids is 2. The fraction of sp³-hybridized carbons (Fsp3) is 0.300. The first-order chi connectivity index (χ1) is 14.1. The Balaban J connectivity index is 2.30. The number of benzene rings is 2. The SMILES string of the molecule is NC(=O)c1cc(O)c(O)c(O)c1[C@H]1CCCC[C@H]1c1c(C(N)=O)cc(O)c(O)c1O. The largest absolute Gasteiger partial charge is 0.504 e. The summed E-state index contributed by atoms with van der Waals surface area (Å²) in [7, 11) is 0. The molecule has 2 aromatic rings. The maximum Gasteiger partial charge on any atom is 0.249 e. The lowest BCUT2D eigenvalue weighted by Crippen LogP contribution is -2.24. The lowest BCUT2D eigenvalue weighted by molar-refractivity contribution is 0.0987. The molecule has 10 nitrogen and oxygen atoms in total. The summed E-state index contributed by atoms with van der Waals surface area (Å²) in [4.78, 5) is 24.0. The fourth-order valence-corrected chi connectivity index (χ4v) is 4.30. The molecule has 0 aromatic heterocycles. The summed E-state index contributed by atoms with van der Waals surface area (Å²) in [5.74, 6) is -8.05. The van der Waals surface area contributed by atoms with Crippen molar-refractivity contribution < 1.29 is 40.2 Å². The standard InChI is InChI=1S/C20H22N2O8/c21-19(29)9-5-11(23)15(25)17(27)13(9)7-3-1-2-4-8(7)14-10(20(22)30)6-12(24)16(26)18(14)28/h5-8,23-28H,1-4H2,(H2,21,29)(H2,22,30)/t7-,8+. The highest BCUT2D eigenvalue weighted by Gasteiger charge is 2.38. The molecule has 0 spiro atoms. The van der Waals surface area contributed by atoms with Crippen LogP contribution in [-0.2, 0) is 0 Å². The van der Waals surface area contributed by atoms with Crippen molar-refractivity contribution >= 4 is 11.8 Å². The molecule has 0 unspecified atom stereocenters. The van der Waals surface area contributed by atoms with Crippen LogP contribution in [0.5, 0.6) is 34.5 Å². The summed E-state index contributed by atoms with van der Waals surface area (Å²) >= 11 is 0. The molecular weight excluding hydrogens is 396 g/mol. The smallest absolute Gasteiger partial charge is 0.249 e. The first-order valence-corrected chi connectivity index (χ1v) is 9.21. The van der Waals surface area contributed by atoms with E-state index in [2.05, 4.69) is 0 Å². The van der Waals surface area contributed by atoms with Gasteiger partial charge in [-0.1, -0.05) is 12.8 Å². The molecule has 1 saturated carbocycles. The van der Waals surface area contributed by atoms with Crippen molar-refractivity contribution in [3.63, 3.8) is 0 Å². The molecule has 0 heterocycles. The van der Waals surface area contributed by atoms with Crippen LogP contribution in [-0.4, -0.2) is 42.5 Å². The van der Waals surface area contributed by atoms with Crippen molar-refractivity contribution in [2.75, 3.05) is 0 Å². The van der Waals surface area contributed by atoms with Crippen LogP contribution in [0.15, 0.2) is 12.1 Å². The maximum absolute atomic E-state index is 12.0. The molecule has 3 rings (SSSR count). The van der Waals surface area contributed by atoms with E-state index in [9.17, 15) is 40.2 Å². The van der Waals surface area contributed by atoms with Crippen LogP contribution < -0.4 is 11.5 Å². The number of primary amides is 2. The Morgan fingerprint density at radius 3 is 1.30 bits per heavy atom. The summed E-state index contributed by atoms with van der Waals surface area (Å²) in [5, 5.41) is 60.6. The van der Waals surface area contributed by atoms with Crippen LogP contribution in [0.25, 0.3) is 0 Å². The lowest BCUT2D eigenvalue weighted by atomic mass is 9.69. The Hall–Kier alpha value is -3.82. The minimum atomic E-state index is -0.965. The predicted molar refractivity (Wildman–Crippen MR) is 104 cm³/mol. The fourth-order valence-electron chi connectivity index (χ4n) is 4.30. The van der Waals surface area contributed by atoms with Gasteiger partial charge in [-0.05, 0) is 36.8 Å². The van der Waals surface area contributed by atoms with Crippen molar-refractivity contribution in [3.05, 3.63) is 34.4 Å². The quantitative estimate of drug-likeness (QED) is 0.341. The Kier molecular flexibility index (Phi) is 5.26. The average molecular weight is 418 g/mol. The number of amides is 2. The van der Waals surface area contributed by atoms with E-state index in [1.165, 1.54) is 0 Å². The molecule has 160 valence electrons. The van der Waals surface area contributed by atoms with Gasteiger partial charge >= 0.3 is 0 Å². The molecule has 2 atom stereocenters. The molecule has 0 radical (unpaired) electrons. The Labute approximate surface area is 170 Å². The van der Waals surface area contributed by atoms with E-state index in [1.54, 1.807) is 0 Å². The number of hydrogen-bond acceptors (Lipinski definition) is 8. The summed E-state index contributed by atoms with van der Waals surface area (Å²) in [6.45, 7) is 0. The molecule has 2 aromatic carbocycles. The highest BCUT2D eigenvalue weighted by atomic mass is 16.3. The third-order valence-corrected chi connectivity index (χ3v) is 5.62. The zero-order valence-electron chi connectivity index (χ0n) is 15.8. The van der Waals surface area contributed by atoms with Gasteiger partial charge in [-0.2, -0.15) is 0 Å². The van der Waals surface area contributed by atoms with Crippen molar-refractivity contribution in [3.8, 4) is 34.5 Å². The normalized spacial score (nSPS) is 18.8. The number of carbonyl (C=O) groups is 2. The second kappa shape index (κ2) is 7.54. The van der Waals surface area contributed by atoms with Crippen molar-refractivity contribution in [2.45, 2.75) is 37.5 Å². The Bertz CT molecular complexity index is 967. The summed E-state index contributed by atoms with van der Waals surface area (Å²) in [5.41, 5.74) is 10.2. The van der Waals surface area contributed by atoms with Crippen LogP contribution in [0.3, 0.4) is 0 Å². The molecule has 0 bridgehead atoms. The Morgan fingerprint density at radius 2 is 1.00 bits per heavy atom. The molecule has 1 aliphatic rings. The van der Waals surface area contributed by atoms with E-state index in [1.807, 2.05) is 0 Å². The van der Waals surface area contributed by atoms with Crippen molar-refractivity contribution in [1.29, 1.82) is 0 Å². The van der Waals surface area contributed by atoms with Gasteiger partial charge in [-0.25, -0.2) is 0 Å². The topological polar surface area (TPSA) is 208 Å². The second-order valence-corrected chi connectivity index (χ2v) is 7.33. The highest BCUT2D eigenvalue weighted by Crippen LogP contribution is 2.55. The van der Waals surface area contributed by atoms with Gasteiger partial charge in [0.25, 0.3) is 0 Å². The lowest BCUT2D eigenvalue weighted by Gasteiger charge is -2.35. The predicted octanol–water partition coefficient (Wildman–Crippen LogP) is 1.56. The molecule has 1 aliphatic carbocycles. The molecular formula is C20H22N2O8. The number of phenols is 6. The molecule has 10 heteroatoms. The highest BCUT2D eigenvalue weighted by molar-refractivity contribution is 5.98. The number of aromatic hydroxyl groups is 6. The van der Waals surface area contributed by atoms with E-state index < -0.39 is 58.1 Å². The molecule has 1 fully saturated rings. The molecule has 0 aliphatic heterocycles. The number of nitrogens with two attached hydrogens (primary N) is 2. The van der Waals surface area contributed by atoms with Gasteiger partial charge in [-0.3, -0.25) is 9.59 Å². The van der Waals surface area contributed by atoms with Gasteiger partial charge in [0, 0.05) is 11.1 Å². The summed E-state index contributed by atoms with van der Waals surface area (Å²) in [6, 6.07) is 1.86. The number of phenolic OH excluding ortho intramolecular Hbond substituents is 6. The third-order valence-electron chi connectivity index (χ3n) is 5.62. The molecule has 10 N–H and O–H groups in total. The first-order valence-electron chi connectivity index (χ1n) is 9.21. The van der Waals surface area contributed by atoms with Crippen molar-refractivity contribution in [2.24, 2.45) is 11.5 Å². The van der Waals surface area contributed by atoms with Crippen LogP contribution >= 0.6 is 0 Å². The zero-order valence-corrected chi connectivity index (χ0v) is 15.8. The van der Waals surface area contributed by atoms with E-state index in [4.69, 9.17) is 11.5 Å². The summed E-state index contributed by atoms with van der Waals surface area (Å²) < 4.78 is 0. The van der Waals surface area contributed by atoms with E-state index in [-0.39, 0.29) is 22.3 Å². The minimum absolute atomic E-state index is 0.0510. The van der Waals surface area contributed by atoms with Crippen LogP contribution in [0.1, 0.15) is 69.4 Å². The average Bonchev–Trinajstić information content (AvgIpc) is 2.69. The Morgan fingerprint density at radius 1 is 0.667 bits per heavy atom. The monoisotopic (exact) mass is 418 g/mol. The second-order valence-electron chi connectivity index (χ2n) is 7.33. The van der Waals surface area contributed by atoms with Crippen LogP contribution in [0.4, 0.5) is 0 Å². The summed E-state index contributed by atoms with van der Waals surface area (Å²) in [6.07, 6.45) is 2.03. The zero-order chi connectivity index (χ0) is 22.3. The van der Waals surface area contributed by atoms with Gasteiger partial charge in [0.15, 0.2) is 23.0 Å². The van der Waals surface area contributed by atoms with Gasteiger partial charge in [0.2, 0.25) is 23.3 Å². The van der Waals surface area contributed by atoms with Crippen molar-refractivity contribution in [1.82, 2.24) is 0 Å². The minimum Gasteiger partial charge on any atom is -0.504 e. The van der Waals surface area contributed by atoms with E-state index in [0.29, 0.717) is 25.7 Å². The van der Waals surface area contributed by atoms with Gasteiger partial charge < -0.3 is 42.1 Å². The van der Waals surface area contributed by atoms with Gasteiger partial charge in [-0.15, -0.1) is 0 Å².